The number of nitrogens with zero attached hydrogens (tertiary/aromatic N) is 2. The molecule has 0 saturated carbocycles. The van der Waals surface area contributed by atoms with Crippen LogP contribution in [0.2, 0.25) is 0 Å². The Bertz CT molecular complexity index is 1080. The fraction of sp³-hybridized carbons (Fsp3) is 0.381. The van der Waals surface area contributed by atoms with Crippen LogP contribution in [-0.2, 0) is 12.0 Å². The summed E-state index contributed by atoms with van der Waals surface area (Å²) in [6, 6.07) is 9.34. The molecule has 2 aliphatic rings. The maximum atomic E-state index is 2.61. The van der Waals surface area contributed by atoms with Crippen LogP contribution in [0.4, 0.5) is 0 Å². The van der Waals surface area contributed by atoms with Gasteiger partial charge >= 0.3 is 0 Å². The van der Waals surface area contributed by atoms with Crippen molar-refractivity contribution in [1.29, 1.82) is 0 Å². The second kappa shape index (κ2) is 4.05. The fourth-order valence-corrected chi connectivity index (χ4v) is 4.97. The van der Waals surface area contributed by atoms with Gasteiger partial charge < -0.3 is 4.57 Å². The maximum absolute atomic E-state index is 2.61. The lowest BCUT2D eigenvalue weighted by molar-refractivity contribution is 0.403. The van der Waals surface area contributed by atoms with Crippen LogP contribution in [0.5, 0.6) is 0 Å². The molecule has 0 amide bonds. The Hall–Kier alpha value is -2.09. The van der Waals surface area contributed by atoms with Crippen molar-refractivity contribution in [3.05, 3.63) is 47.0 Å². The second-order valence-corrected chi connectivity index (χ2v) is 7.79. The first-order chi connectivity index (χ1) is 11.0. The molecular formula is C21H23N2+. The molecule has 0 bridgehead atoms. The summed E-state index contributed by atoms with van der Waals surface area (Å²) in [4.78, 5) is 0. The Labute approximate surface area is 136 Å². The molecule has 1 aromatic heterocycles. The van der Waals surface area contributed by atoms with Crippen molar-refractivity contribution in [3.8, 4) is 0 Å². The van der Waals surface area contributed by atoms with Crippen LogP contribution in [0, 0.1) is 0 Å². The van der Waals surface area contributed by atoms with Gasteiger partial charge in [0.2, 0.25) is 5.36 Å². The van der Waals surface area contributed by atoms with Gasteiger partial charge in [-0.05, 0) is 44.9 Å². The van der Waals surface area contributed by atoms with Crippen molar-refractivity contribution in [1.82, 2.24) is 9.14 Å². The molecule has 2 nitrogen and oxygen atoms in total. The zero-order valence-corrected chi connectivity index (χ0v) is 14.4. The van der Waals surface area contributed by atoms with E-state index in [4.69, 9.17) is 0 Å². The van der Waals surface area contributed by atoms with E-state index >= 15 is 0 Å². The molecule has 3 aromatic rings. The van der Waals surface area contributed by atoms with E-state index in [1.54, 1.807) is 0 Å². The average Bonchev–Trinajstić information content (AvgIpc) is 3.14. The molecule has 2 heteroatoms. The summed E-state index contributed by atoms with van der Waals surface area (Å²) in [5.41, 5.74) is 6.04. The van der Waals surface area contributed by atoms with Crippen LogP contribution >= 0.6 is 0 Å². The normalized spacial score (nSPS) is 20.9. The lowest BCUT2D eigenvalue weighted by Gasteiger charge is -2.22. The van der Waals surface area contributed by atoms with Gasteiger partial charge in [0.15, 0.2) is 0 Å². The molecule has 2 aromatic carbocycles. The molecular weight excluding hydrogens is 280 g/mol. The number of hydrogen-bond donors (Lipinski definition) is 0. The van der Waals surface area contributed by atoms with Crippen molar-refractivity contribution < 1.29 is 0 Å². The third kappa shape index (κ3) is 1.47. The molecule has 0 spiro atoms. The molecule has 2 aliphatic heterocycles. The molecule has 0 fully saturated rings. The standard InChI is InChI=1S/C21H23N2/c1-5-13-12-21(2,3)23-17-11-14-9-10-22(4)19(14)15-7-6-8-16(18(15)17)20(13)23/h5-8,11H,9-10,12H2,1-4H3/q+1. The third-order valence-corrected chi connectivity index (χ3v) is 5.89. The van der Waals surface area contributed by atoms with Crippen LogP contribution in [-0.4, -0.2) is 18.2 Å². The minimum atomic E-state index is 0.155. The Morgan fingerprint density at radius 1 is 1.22 bits per heavy atom. The van der Waals surface area contributed by atoms with E-state index in [0.29, 0.717) is 0 Å². The van der Waals surface area contributed by atoms with Crippen LogP contribution in [0.1, 0.15) is 38.4 Å². The number of benzene rings is 2. The smallest absolute Gasteiger partial charge is 0.211 e. The van der Waals surface area contributed by atoms with Gasteiger partial charge in [0.1, 0.15) is 13.6 Å². The van der Waals surface area contributed by atoms with E-state index in [-0.39, 0.29) is 5.54 Å². The largest absolute Gasteiger partial charge is 0.334 e. The molecule has 116 valence electrons. The van der Waals surface area contributed by atoms with Gasteiger partial charge in [-0.15, -0.1) is 0 Å². The van der Waals surface area contributed by atoms with Gasteiger partial charge in [-0.3, -0.25) is 0 Å². The highest BCUT2D eigenvalue weighted by molar-refractivity contribution is 6.14. The summed E-state index contributed by atoms with van der Waals surface area (Å²) in [6.45, 7) is 8.07. The van der Waals surface area contributed by atoms with Gasteiger partial charge in [0.25, 0.3) is 0 Å². The number of hydrogen-bond acceptors (Lipinski definition) is 0. The number of allylic oxidation sites excluding steroid dienone is 2. The Kier molecular flexibility index (Phi) is 2.35. The molecule has 0 radical (unpaired) electrons. The van der Waals surface area contributed by atoms with Crippen LogP contribution in [0.15, 0.2) is 30.3 Å². The molecule has 23 heavy (non-hydrogen) atoms. The van der Waals surface area contributed by atoms with E-state index < -0.39 is 0 Å². The minimum Gasteiger partial charge on any atom is -0.334 e. The molecule has 0 unspecified atom stereocenters. The van der Waals surface area contributed by atoms with Crippen molar-refractivity contribution in [2.45, 2.75) is 39.2 Å². The van der Waals surface area contributed by atoms with Gasteiger partial charge in [0.05, 0.1) is 16.6 Å². The summed E-state index contributed by atoms with van der Waals surface area (Å²) < 4.78 is 5.03. The molecule has 5 rings (SSSR count). The van der Waals surface area contributed by atoms with Gasteiger partial charge in [-0.1, -0.05) is 18.2 Å². The van der Waals surface area contributed by atoms with Gasteiger partial charge in [0, 0.05) is 28.3 Å². The van der Waals surface area contributed by atoms with Gasteiger partial charge in [-0.25, -0.2) is 4.58 Å². The highest BCUT2D eigenvalue weighted by Crippen LogP contribution is 2.47. The average molecular weight is 303 g/mol. The number of fused-ring (bicyclic) bond motifs is 5. The molecule has 0 aliphatic carbocycles. The highest BCUT2D eigenvalue weighted by atomic mass is 15.1. The maximum Gasteiger partial charge on any atom is 0.211 e. The summed E-state index contributed by atoms with van der Waals surface area (Å²) in [6.07, 6.45) is 4.60. The van der Waals surface area contributed by atoms with Crippen LogP contribution in [0.25, 0.3) is 27.2 Å². The van der Waals surface area contributed by atoms with E-state index in [0.717, 1.165) is 13.0 Å². The first kappa shape index (κ1) is 13.4. The molecule has 0 saturated heterocycles. The number of aromatic nitrogens is 1. The van der Waals surface area contributed by atoms with E-state index in [1.807, 2.05) is 0 Å². The number of rotatable bonds is 0. The minimum absolute atomic E-state index is 0.155. The quantitative estimate of drug-likeness (QED) is 0.559. The summed E-state index contributed by atoms with van der Waals surface area (Å²) in [7, 11) is 2.23. The first-order valence-electron chi connectivity index (χ1n) is 8.66. The topological polar surface area (TPSA) is 7.94 Å². The van der Waals surface area contributed by atoms with Crippen LogP contribution < -0.4 is 9.93 Å². The molecule has 3 heterocycles. The monoisotopic (exact) mass is 303 g/mol. The lowest BCUT2D eigenvalue weighted by atomic mass is 9.95. The van der Waals surface area contributed by atoms with Crippen molar-refractivity contribution >= 4 is 27.2 Å². The SMILES string of the molecule is CC=C1CC(C)(C)n2c1c1cccc3c4c(cc2c13)CC[N+]=4C. The fourth-order valence-electron chi connectivity index (χ4n) is 4.97. The van der Waals surface area contributed by atoms with Gasteiger partial charge in [-0.2, -0.15) is 0 Å². The zero-order chi connectivity index (χ0) is 15.9. The highest BCUT2D eigenvalue weighted by Gasteiger charge is 2.37. The summed E-state index contributed by atoms with van der Waals surface area (Å²) >= 11 is 0. The molecule has 0 N–H and O–H groups in total. The van der Waals surface area contributed by atoms with E-state index in [9.17, 15) is 0 Å². The van der Waals surface area contributed by atoms with Crippen molar-refractivity contribution in [2.24, 2.45) is 0 Å². The number of likely N-dealkylation sites (N-methyl/N-ethyl adjacent to an activating group) is 1. The Morgan fingerprint density at radius 3 is 2.78 bits per heavy atom. The molecule has 0 atom stereocenters. The third-order valence-electron chi connectivity index (χ3n) is 5.89. The second-order valence-electron chi connectivity index (χ2n) is 7.79. The van der Waals surface area contributed by atoms with Crippen molar-refractivity contribution in [2.75, 3.05) is 13.6 Å². The van der Waals surface area contributed by atoms with Crippen LogP contribution in [0.3, 0.4) is 0 Å². The van der Waals surface area contributed by atoms with Crippen molar-refractivity contribution in [3.63, 3.8) is 0 Å². The lowest BCUT2D eigenvalue weighted by Crippen LogP contribution is -2.23. The summed E-state index contributed by atoms with van der Waals surface area (Å²) in [5, 5.41) is 5.77. The first-order valence-corrected chi connectivity index (χ1v) is 8.66. The van der Waals surface area contributed by atoms with E-state index in [2.05, 4.69) is 67.3 Å². The Morgan fingerprint density at radius 2 is 2.00 bits per heavy atom. The summed E-state index contributed by atoms with van der Waals surface area (Å²) in [5.74, 6) is 0. The predicted octanol–water partition coefficient (Wildman–Crippen LogP) is 3.73. The van der Waals surface area contributed by atoms with E-state index in [1.165, 1.54) is 50.3 Å². The zero-order valence-electron chi connectivity index (χ0n) is 14.4. The Balaban J connectivity index is 2.11. The predicted molar refractivity (Wildman–Crippen MR) is 98.0 cm³/mol.